The van der Waals surface area contributed by atoms with Gasteiger partial charge in [-0.1, -0.05) is 6.42 Å². The third-order valence-corrected chi connectivity index (χ3v) is 4.82. The molecule has 0 radical (unpaired) electrons. The highest BCUT2D eigenvalue weighted by molar-refractivity contribution is 5.30. The maximum atomic E-state index is 5.70. The number of furan rings is 1. The summed E-state index contributed by atoms with van der Waals surface area (Å²) in [4.78, 5) is 2.53. The van der Waals surface area contributed by atoms with Crippen molar-refractivity contribution in [3.8, 4) is 5.88 Å². The Labute approximate surface area is 143 Å². The van der Waals surface area contributed by atoms with Gasteiger partial charge in [-0.3, -0.25) is 4.90 Å². The van der Waals surface area contributed by atoms with E-state index in [1.807, 2.05) is 20.0 Å². The molecule has 24 heavy (non-hydrogen) atoms. The molecule has 1 aliphatic rings. The summed E-state index contributed by atoms with van der Waals surface area (Å²) in [5, 5.41) is 8.02. The topological polar surface area (TPSA) is 55.5 Å². The Balaban J connectivity index is 1.66. The maximum absolute atomic E-state index is 5.70. The lowest BCUT2D eigenvalue weighted by Gasteiger charge is -2.33. The average Bonchev–Trinajstić information content (AvgIpc) is 3.20. The Morgan fingerprint density at radius 2 is 2.12 bits per heavy atom. The van der Waals surface area contributed by atoms with Crippen LogP contribution < -0.4 is 10.1 Å². The van der Waals surface area contributed by atoms with Crippen LogP contribution in [0.3, 0.4) is 0 Å². The summed E-state index contributed by atoms with van der Waals surface area (Å²) in [6, 6.07) is 4.33. The van der Waals surface area contributed by atoms with E-state index in [0.29, 0.717) is 0 Å². The van der Waals surface area contributed by atoms with Gasteiger partial charge in [-0.2, -0.15) is 5.10 Å². The van der Waals surface area contributed by atoms with Crippen LogP contribution in [0.15, 0.2) is 22.8 Å². The van der Waals surface area contributed by atoms with Crippen LogP contribution in [0.25, 0.3) is 0 Å². The highest BCUT2D eigenvalue weighted by Crippen LogP contribution is 2.25. The van der Waals surface area contributed by atoms with Crippen molar-refractivity contribution in [3.63, 3.8) is 0 Å². The van der Waals surface area contributed by atoms with Gasteiger partial charge < -0.3 is 14.5 Å². The van der Waals surface area contributed by atoms with Crippen molar-refractivity contribution in [2.75, 3.05) is 26.7 Å². The van der Waals surface area contributed by atoms with Crippen molar-refractivity contribution in [1.29, 1.82) is 0 Å². The van der Waals surface area contributed by atoms with Crippen LogP contribution in [0, 0.1) is 6.92 Å². The van der Waals surface area contributed by atoms with E-state index in [4.69, 9.17) is 9.15 Å². The largest absolute Gasteiger partial charge is 0.481 e. The first-order chi connectivity index (χ1) is 11.7. The molecule has 1 N–H and O–H groups in total. The smallest absolute Gasteiger partial charge is 0.216 e. The van der Waals surface area contributed by atoms with Gasteiger partial charge in [-0.15, -0.1) is 0 Å². The fourth-order valence-corrected chi connectivity index (χ4v) is 3.59. The first kappa shape index (κ1) is 17.0. The summed E-state index contributed by atoms with van der Waals surface area (Å²) in [7, 11) is 3.61. The fraction of sp³-hybridized carbons (Fsp3) is 0.611. The van der Waals surface area contributed by atoms with E-state index in [9.17, 15) is 0 Å². The molecule has 2 aromatic rings. The SMILES string of the molecule is COc1c(CNC[C@@H](c2ccco2)N2CCCCC2)c(C)nn1C. The lowest BCUT2D eigenvalue weighted by atomic mass is 10.1. The number of aryl methyl sites for hydroxylation is 2. The zero-order chi connectivity index (χ0) is 16.9. The third-order valence-electron chi connectivity index (χ3n) is 4.82. The van der Waals surface area contributed by atoms with Gasteiger partial charge in [0.15, 0.2) is 0 Å². The predicted molar refractivity (Wildman–Crippen MR) is 93.1 cm³/mol. The molecule has 2 aromatic heterocycles. The number of rotatable bonds is 7. The minimum Gasteiger partial charge on any atom is -0.481 e. The minimum absolute atomic E-state index is 0.281. The van der Waals surface area contributed by atoms with Crippen molar-refractivity contribution in [2.24, 2.45) is 7.05 Å². The molecule has 132 valence electrons. The molecule has 1 aliphatic heterocycles. The van der Waals surface area contributed by atoms with Gasteiger partial charge in [-0.05, 0) is 45.0 Å². The van der Waals surface area contributed by atoms with E-state index in [2.05, 4.69) is 21.4 Å². The highest BCUT2D eigenvalue weighted by atomic mass is 16.5. The standard InChI is InChI=1S/C18H28N4O2/c1-14-15(18(23-3)21(2)20-14)12-19-13-16(17-8-7-11-24-17)22-9-5-4-6-10-22/h7-8,11,16,19H,4-6,9-10,12-13H2,1-3H3/t16-/m0/s1. The van der Waals surface area contributed by atoms with Gasteiger partial charge >= 0.3 is 0 Å². The fourth-order valence-electron chi connectivity index (χ4n) is 3.59. The first-order valence-corrected chi connectivity index (χ1v) is 8.75. The highest BCUT2D eigenvalue weighted by Gasteiger charge is 2.24. The minimum atomic E-state index is 0.281. The van der Waals surface area contributed by atoms with Crippen LogP contribution in [0.5, 0.6) is 5.88 Å². The molecule has 0 bridgehead atoms. The summed E-state index contributed by atoms with van der Waals surface area (Å²) in [5.41, 5.74) is 2.13. The number of piperidine rings is 1. The van der Waals surface area contributed by atoms with Crippen LogP contribution in [0.1, 0.15) is 42.3 Å². The molecule has 6 heteroatoms. The van der Waals surface area contributed by atoms with Crippen LogP contribution >= 0.6 is 0 Å². The molecule has 0 spiro atoms. The first-order valence-electron chi connectivity index (χ1n) is 8.75. The Morgan fingerprint density at radius 3 is 2.79 bits per heavy atom. The van der Waals surface area contributed by atoms with Gasteiger partial charge in [0.2, 0.25) is 5.88 Å². The van der Waals surface area contributed by atoms with E-state index in [1.165, 1.54) is 19.3 Å². The molecule has 0 saturated carbocycles. The van der Waals surface area contributed by atoms with Crippen LogP contribution in [-0.4, -0.2) is 41.4 Å². The van der Waals surface area contributed by atoms with E-state index in [0.717, 1.165) is 49.1 Å². The summed E-state index contributed by atoms with van der Waals surface area (Å²) >= 11 is 0. The molecular formula is C18H28N4O2. The summed E-state index contributed by atoms with van der Waals surface area (Å²) in [5.74, 6) is 1.87. The van der Waals surface area contributed by atoms with Crippen molar-refractivity contribution < 1.29 is 9.15 Å². The van der Waals surface area contributed by atoms with Crippen LogP contribution in [0.4, 0.5) is 0 Å². The normalized spacial score (nSPS) is 17.1. The molecule has 1 saturated heterocycles. The number of likely N-dealkylation sites (tertiary alicyclic amines) is 1. The second-order valence-electron chi connectivity index (χ2n) is 6.46. The van der Waals surface area contributed by atoms with E-state index in [-0.39, 0.29) is 6.04 Å². The summed E-state index contributed by atoms with van der Waals surface area (Å²) < 4.78 is 13.0. The zero-order valence-electron chi connectivity index (χ0n) is 14.9. The molecule has 1 fully saturated rings. The number of ether oxygens (including phenoxy) is 1. The second-order valence-corrected chi connectivity index (χ2v) is 6.46. The lowest BCUT2D eigenvalue weighted by Crippen LogP contribution is -2.38. The molecule has 1 atom stereocenters. The predicted octanol–water partition coefficient (Wildman–Crippen LogP) is 2.65. The van der Waals surface area contributed by atoms with Crippen molar-refractivity contribution >= 4 is 0 Å². The molecule has 0 aromatic carbocycles. The molecule has 0 amide bonds. The van der Waals surface area contributed by atoms with Crippen molar-refractivity contribution in [3.05, 3.63) is 35.4 Å². The maximum Gasteiger partial charge on any atom is 0.216 e. The van der Waals surface area contributed by atoms with E-state index in [1.54, 1.807) is 18.1 Å². The summed E-state index contributed by atoms with van der Waals surface area (Å²) in [6.07, 6.45) is 5.64. The zero-order valence-corrected chi connectivity index (χ0v) is 14.9. The van der Waals surface area contributed by atoms with Gasteiger partial charge in [-0.25, -0.2) is 4.68 Å². The number of nitrogens with one attached hydrogen (secondary N) is 1. The Kier molecular flexibility index (Phi) is 5.58. The van der Waals surface area contributed by atoms with Crippen LogP contribution in [0.2, 0.25) is 0 Å². The van der Waals surface area contributed by atoms with E-state index >= 15 is 0 Å². The van der Waals surface area contributed by atoms with Gasteiger partial charge in [0.25, 0.3) is 0 Å². The molecule has 0 aliphatic carbocycles. The van der Waals surface area contributed by atoms with E-state index < -0.39 is 0 Å². The number of nitrogens with zero attached hydrogens (tertiary/aromatic N) is 3. The molecular weight excluding hydrogens is 304 g/mol. The Morgan fingerprint density at radius 1 is 1.33 bits per heavy atom. The molecule has 3 rings (SSSR count). The van der Waals surface area contributed by atoms with Gasteiger partial charge in [0, 0.05) is 20.1 Å². The Bertz CT molecular complexity index is 630. The lowest BCUT2D eigenvalue weighted by molar-refractivity contribution is 0.142. The second kappa shape index (κ2) is 7.85. The monoisotopic (exact) mass is 332 g/mol. The summed E-state index contributed by atoms with van der Waals surface area (Å²) in [6.45, 7) is 5.90. The number of methoxy groups -OCH3 is 1. The third kappa shape index (κ3) is 3.65. The van der Waals surface area contributed by atoms with Crippen molar-refractivity contribution in [2.45, 2.75) is 38.8 Å². The Hall–Kier alpha value is -1.79. The molecule has 3 heterocycles. The van der Waals surface area contributed by atoms with Gasteiger partial charge in [0.05, 0.1) is 30.7 Å². The quantitative estimate of drug-likeness (QED) is 0.845. The number of hydrogen-bond acceptors (Lipinski definition) is 5. The van der Waals surface area contributed by atoms with Gasteiger partial charge in [0.1, 0.15) is 5.76 Å². The average molecular weight is 332 g/mol. The molecule has 0 unspecified atom stereocenters. The van der Waals surface area contributed by atoms with Crippen molar-refractivity contribution in [1.82, 2.24) is 20.0 Å². The number of hydrogen-bond donors (Lipinski definition) is 1. The molecule has 6 nitrogen and oxygen atoms in total. The van der Waals surface area contributed by atoms with Crippen LogP contribution in [-0.2, 0) is 13.6 Å². The number of aromatic nitrogens is 2.